The third-order valence-electron chi connectivity index (χ3n) is 2.77. The first-order chi connectivity index (χ1) is 9.74. The summed E-state index contributed by atoms with van der Waals surface area (Å²) in [5.74, 6) is -1.07. The maximum atomic E-state index is 11.1. The minimum atomic E-state index is -1.07. The van der Waals surface area contributed by atoms with Crippen molar-refractivity contribution in [2.75, 3.05) is 5.32 Å². The van der Waals surface area contributed by atoms with Gasteiger partial charge in [-0.2, -0.15) is 0 Å². The molecule has 6 heteroatoms. The Bertz CT molecular complexity index is 774. The van der Waals surface area contributed by atoms with Gasteiger partial charge < -0.3 is 10.4 Å². The second kappa shape index (κ2) is 4.93. The first-order valence-corrected chi connectivity index (χ1v) is 5.89. The summed E-state index contributed by atoms with van der Waals surface area (Å²) in [5.41, 5.74) is 1.94. The Morgan fingerprint density at radius 2 is 1.90 bits per heavy atom. The van der Waals surface area contributed by atoms with E-state index in [2.05, 4.69) is 20.3 Å². The number of aromatic carboxylic acids is 1. The van der Waals surface area contributed by atoms with Gasteiger partial charge in [0.25, 0.3) is 0 Å². The van der Waals surface area contributed by atoms with Gasteiger partial charge in [0.1, 0.15) is 6.33 Å². The van der Waals surface area contributed by atoms with Crippen LogP contribution in [-0.2, 0) is 0 Å². The number of hydrogen-bond acceptors (Lipinski definition) is 5. The Hall–Kier alpha value is -3.02. The van der Waals surface area contributed by atoms with Crippen molar-refractivity contribution in [3.8, 4) is 0 Å². The van der Waals surface area contributed by atoms with Gasteiger partial charge in [-0.05, 0) is 12.1 Å². The molecule has 0 fully saturated rings. The molecule has 0 bridgehead atoms. The number of benzene rings is 1. The topological polar surface area (TPSA) is 88.0 Å². The molecule has 1 aromatic carbocycles. The van der Waals surface area contributed by atoms with Crippen molar-refractivity contribution in [3.63, 3.8) is 0 Å². The summed E-state index contributed by atoms with van der Waals surface area (Å²) in [6, 6.07) is 8.83. The van der Waals surface area contributed by atoms with Crippen molar-refractivity contribution in [1.29, 1.82) is 0 Å². The fourth-order valence-electron chi connectivity index (χ4n) is 1.91. The lowest BCUT2D eigenvalue weighted by Gasteiger charge is -2.10. The Morgan fingerprint density at radius 3 is 2.65 bits per heavy atom. The highest BCUT2D eigenvalue weighted by Gasteiger charge is 2.10. The fourth-order valence-corrected chi connectivity index (χ4v) is 1.91. The van der Waals surface area contributed by atoms with Crippen molar-refractivity contribution < 1.29 is 9.90 Å². The third-order valence-corrected chi connectivity index (χ3v) is 2.77. The number of carbonyl (C=O) groups is 1. The second-order valence-corrected chi connectivity index (χ2v) is 4.13. The third kappa shape index (κ3) is 2.26. The van der Waals surface area contributed by atoms with Gasteiger partial charge in [0.2, 0.25) is 0 Å². The van der Waals surface area contributed by atoms with Gasteiger partial charge in [-0.15, -0.1) is 0 Å². The van der Waals surface area contributed by atoms with Crippen molar-refractivity contribution >= 4 is 28.2 Å². The fraction of sp³-hybridized carbons (Fsp3) is 0. The van der Waals surface area contributed by atoms with Crippen molar-refractivity contribution in [2.45, 2.75) is 0 Å². The van der Waals surface area contributed by atoms with Crippen LogP contribution in [0.2, 0.25) is 0 Å². The number of nitrogens with zero attached hydrogens (tertiary/aromatic N) is 3. The van der Waals surface area contributed by atoms with Crippen molar-refractivity contribution in [1.82, 2.24) is 15.0 Å². The number of pyridine rings is 1. The zero-order chi connectivity index (χ0) is 13.9. The number of para-hydroxylation sites is 1. The van der Waals surface area contributed by atoms with Gasteiger partial charge in [0, 0.05) is 5.39 Å². The second-order valence-electron chi connectivity index (χ2n) is 4.13. The molecule has 2 aromatic heterocycles. The normalized spacial score (nSPS) is 10.4. The molecule has 20 heavy (non-hydrogen) atoms. The summed E-state index contributed by atoms with van der Waals surface area (Å²) < 4.78 is 0. The summed E-state index contributed by atoms with van der Waals surface area (Å²) >= 11 is 0. The monoisotopic (exact) mass is 266 g/mol. The lowest BCUT2D eigenvalue weighted by Crippen LogP contribution is -2.03. The number of carboxylic acid groups (broad SMARTS) is 1. The smallest absolute Gasteiger partial charge is 0.354 e. The van der Waals surface area contributed by atoms with Gasteiger partial charge >= 0.3 is 5.97 Å². The molecule has 3 aromatic rings. The first-order valence-electron chi connectivity index (χ1n) is 5.89. The Kier molecular flexibility index (Phi) is 2.96. The Balaban J connectivity index is 2.15. The molecule has 0 atom stereocenters. The van der Waals surface area contributed by atoms with E-state index < -0.39 is 5.97 Å². The molecule has 3 rings (SSSR count). The van der Waals surface area contributed by atoms with Crippen LogP contribution in [0.1, 0.15) is 10.5 Å². The maximum absolute atomic E-state index is 11.1. The molecule has 0 unspecified atom stereocenters. The minimum absolute atomic E-state index is 0.0111. The molecule has 6 nitrogen and oxygen atoms in total. The molecule has 0 saturated heterocycles. The standard InChI is InChI=1S/C14H10N4O2/c19-14(20)13-5-12(17-9-6-15-8-16-7-9)10-3-1-2-4-11(10)18-13/h1-8H,(H,17,18)(H,19,20). The number of nitrogens with one attached hydrogen (secondary N) is 1. The molecule has 2 heterocycles. The van der Waals surface area contributed by atoms with Gasteiger partial charge in [0.15, 0.2) is 5.69 Å². The van der Waals surface area contributed by atoms with Crippen LogP contribution in [0.4, 0.5) is 11.4 Å². The van der Waals surface area contributed by atoms with E-state index in [1.165, 1.54) is 12.4 Å². The molecular weight excluding hydrogens is 256 g/mol. The number of fused-ring (bicyclic) bond motifs is 1. The summed E-state index contributed by atoms with van der Waals surface area (Å²) in [6.07, 6.45) is 4.66. The number of carboxylic acids is 1. The van der Waals surface area contributed by atoms with E-state index >= 15 is 0 Å². The highest BCUT2D eigenvalue weighted by molar-refractivity contribution is 5.98. The highest BCUT2D eigenvalue weighted by Crippen LogP contribution is 2.25. The average Bonchev–Trinajstić information content (AvgIpc) is 2.48. The van der Waals surface area contributed by atoms with Crippen molar-refractivity contribution in [3.05, 3.63) is 54.7 Å². The quantitative estimate of drug-likeness (QED) is 0.757. The Morgan fingerprint density at radius 1 is 1.15 bits per heavy atom. The lowest BCUT2D eigenvalue weighted by molar-refractivity contribution is 0.0691. The number of rotatable bonds is 3. The molecular formula is C14H10N4O2. The zero-order valence-electron chi connectivity index (χ0n) is 10.3. The van der Waals surface area contributed by atoms with Crippen LogP contribution in [0.3, 0.4) is 0 Å². The van der Waals surface area contributed by atoms with Crippen LogP contribution in [0.5, 0.6) is 0 Å². The number of aromatic nitrogens is 3. The average molecular weight is 266 g/mol. The molecule has 0 spiro atoms. The summed E-state index contributed by atoms with van der Waals surface area (Å²) in [6.45, 7) is 0. The van der Waals surface area contributed by atoms with Crippen LogP contribution in [0.15, 0.2) is 49.1 Å². The molecule has 2 N–H and O–H groups in total. The summed E-state index contributed by atoms with van der Waals surface area (Å²) in [4.78, 5) is 23.1. The van der Waals surface area contributed by atoms with Crippen LogP contribution in [-0.4, -0.2) is 26.0 Å². The predicted molar refractivity (Wildman–Crippen MR) is 74.0 cm³/mol. The largest absolute Gasteiger partial charge is 0.477 e. The molecule has 0 aliphatic heterocycles. The zero-order valence-corrected chi connectivity index (χ0v) is 10.3. The number of hydrogen-bond donors (Lipinski definition) is 2. The molecule has 0 aliphatic rings. The molecule has 0 amide bonds. The van der Waals surface area contributed by atoms with Gasteiger partial charge in [-0.3, -0.25) is 0 Å². The van der Waals surface area contributed by atoms with E-state index in [9.17, 15) is 4.79 Å². The van der Waals surface area contributed by atoms with Gasteiger partial charge in [-0.25, -0.2) is 19.7 Å². The SMILES string of the molecule is O=C(O)c1cc(Nc2cncnc2)c2ccccc2n1. The van der Waals surface area contributed by atoms with Gasteiger partial charge in [0.05, 0.1) is 29.3 Å². The van der Waals surface area contributed by atoms with Crippen LogP contribution >= 0.6 is 0 Å². The van der Waals surface area contributed by atoms with Crippen LogP contribution < -0.4 is 5.32 Å². The lowest BCUT2D eigenvalue weighted by atomic mass is 10.1. The highest BCUT2D eigenvalue weighted by atomic mass is 16.4. The minimum Gasteiger partial charge on any atom is -0.477 e. The van der Waals surface area contributed by atoms with Gasteiger partial charge in [-0.1, -0.05) is 18.2 Å². The van der Waals surface area contributed by atoms with E-state index in [-0.39, 0.29) is 5.69 Å². The van der Waals surface area contributed by atoms with Crippen LogP contribution in [0.25, 0.3) is 10.9 Å². The number of anilines is 2. The first kappa shape index (κ1) is 12.0. The molecule has 0 saturated carbocycles. The molecule has 98 valence electrons. The van der Waals surface area contributed by atoms with Crippen molar-refractivity contribution in [2.24, 2.45) is 0 Å². The predicted octanol–water partition coefficient (Wildman–Crippen LogP) is 2.47. The van der Waals surface area contributed by atoms with E-state index in [0.29, 0.717) is 16.9 Å². The summed E-state index contributed by atoms with van der Waals surface area (Å²) in [7, 11) is 0. The van der Waals surface area contributed by atoms with Crippen LogP contribution in [0, 0.1) is 0 Å². The van der Waals surface area contributed by atoms with E-state index in [0.717, 1.165) is 5.39 Å². The molecule has 0 radical (unpaired) electrons. The van der Waals surface area contributed by atoms with E-state index in [4.69, 9.17) is 5.11 Å². The molecule has 0 aliphatic carbocycles. The van der Waals surface area contributed by atoms with E-state index in [1.807, 2.05) is 18.2 Å². The maximum Gasteiger partial charge on any atom is 0.354 e. The van der Waals surface area contributed by atoms with E-state index in [1.54, 1.807) is 18.5 Å². The Labute approximate surface area is 114 Å². The summed E-state index contributed by atoms with van der Waals surface area (Å²) in [5, 5.41) is 13.1.